The molecule has 0 N–H and O–H groups in total. The van der Waals surface area contributed by atoms with E-state index in [1.165, 1.54) is 5.56 Å². The SMILES string of the molecule is Cc1ccc(Oc2cc(C(C)C)c(Cl)cc2C)c(CCl)c1. The third-order valence-electron chi connectivity index (χ3n) is 3.50. The van der Waals surface area contributed by atoms with E-state index in [1.54, 1.807) is 0 Å². The van der Waals surface area contributed by atoms with E-state index in [0.29, 0.717) is 11.8 Å². The summed E-state index contributed by atoms with van der Waals surface area (Å²) in [5.74, 6) is 2.42. The van der Waals surface area contributed by atoms with Gasteiger partial charge in [-0.3, -0.25) is 0 Å². The summed E-state index contributed by atoms with van der Waals surface area (Å²) < 4.78 is 6.09. The van der Waals surface area contributed by atoms with Gasteiger partial charge in [0.05, 0.1) is 5.88 Å². The lowest BCUT2D eigenvalue weighted by Gasteiger charge is -2.16. The van der Waals surface area contributed by atoms with Crippen molar-refractivity contribution in [2.24, 2.45) is 0 Å². The van der Waals surface area contributed by atoms with Crippen molar-refractivity contribution < 1.29 is 4.74 Å². The van der Waals surface area contributed by atoms with Crippen LogP contribution >= 0.6 is 23.2 Å². The zero-order chi connectivity index (χ0) is 15.6. The Labute approximate surface area is 136 Å². The molecule has 112 valence electrons. The van der Waals surface area contributed by atoms with E-state index in [1.807, 2.05) is 38.1 Å². The molecule has 0 radical (unpaired) electrons. The fraction of sp³-hybridized carbons (Fsp3) is 0.333. The molecule has 0 atom stereocenters. The van der Waals surface area contributed by atoms with E-state index in [0.717, 1.165) is 33.2 Å². The number of alkyl halides is 1. The predicted octanol–water partition coefficient (Wildman–Crippen LogP) is 6.61. The Balaban J connectivity index is 2.42. The highest BCUT2D eigenvalue weighted by atomic mass is 35.5. The van der Waals surface area contributed by atoms with Gasteiger partial charge in [-0.25, -0.2) is 0 Å². The Hall–Kier alpha value is -1.18. The van der Waals surface area contributed by atoms with Crippen LogP contribution in [-0.2, 0) is 5.88 Å². The van der Waals surface area contributed by atoms with E-state index in [-0.39, 0.29) is 0 Å². The van der Waals surface area contributed by atoms with Crippen molar-refractivity contribution in [2.45, 2.75) is 39.5 Å². The quantitative estimate of drug-likeness (QED) is 0.575. The summed E-state index contributed by atoms with van der Waals surface area (Å²) in [4.78, 5) is 0. The van der Waals surface area contributed by atoms with Gasteiger partial charge in [0.2, 0.25) is 0 Å². The normalized spacial score (nSPS) is 11.0. The average Bonchev–Trinajstić information content (AvgIpc) is 2.42. The fourth-order valence-corrected chi connectivity index (χ4v) is 2.90. The first-order valence-corrected chi connectivity index (χ1v) is 7.97. The zero-order valence-electron chi connectivity index (χ0n) is 12.8. The van der Waals surface area contributed by atoms with Gasteiger partial charge in [-0.05, 0) is 49.1 Å². The molecule has 0 heterocycles. The highest BCUT2D eigenvalue weighted by Crippen LogP contribution is 2.35. The van der Waals surface area contributed by atoms with Crippen LogP contribution < -0.4 is 4.74 Å². The second-order valence-corrected chi connectivity index (χ2v) is 6.32. The Morgan fingerprint density at radius 3 is 2.38 bits per heavy atom. The van der Waals surface area contributed by atoms with Gasteiger partial charge >= 0.3 is 0 Å². The van der Waals surface area contributed by atoms with Gasteiger partial charge in [-0.1, -0.05) is 43.1 Å². The maximum absolute atomic E-state index is 6.30. The average molecular weight is 323 g/mol. The van der Waals surface area contributed by atoms with Crippen LogP contribution in [-0.4, -0.2) is 0 Å². The van der Waals surface area contributed by atoms with Crippen LogP contribution in [0.5, 0.6) is 11.5 Å². The molecule has 3 heteroatoms. The van der Waals surface area contributed by atoms with Gasteiger partial charge < -0.3 is 4.74 Å². The smallest absolute Gasteiger partial charge is 0.131 e. The van der Waals surface area contributed by atoms with Crippen molar-refractivity contribution in [2.75, 3.05) is 0 Å². The van der Waals surface area contributed by atoms with E-state index in [4.69, 9.17) is 27.9 Å². The maximum atomic E-state index is 6.30. The summed E-state index contributed by atoms with van der Waals surface area (Å²) in [5, 5.41) is 0.788. The van der Waals surface area contributed by atoms with E-state index in [9.17, 15) is 0 Å². The van der Waals surface area contributed by atoms with Crippen molar-refractivity contribution in [3.63, 3.8) is 0 Å². The summed E-state index contributed by atoms with van der Waals surface area (Å²) >= 11 is 12.3. The van der Waals surface area contributed by atoms with Crippen LogP contribution in [0, 0.1) is 13.8 Å². The Morgan fingerprint density at radius 1 is 1.05 bits per heavy atom. The third-order valence-corrected chi connectivity index (χ3v) is 4.11. The zero-order valence-corrected chi connectivity index (χ0v) is 14.3. The summed E-state index contributed by atoms with van der Waals surface area (Å²) in [5.41, 5.74) is 4.29. The Bertz CT molecular complexity index is 648. The van der Waals surface area contributed by atoms with Gasteiger partial charge in [0.15, 0.2) is 0 Å². The number of aryl methyl sites for hydroxylation is 2. The first-order chi connectivity index (χ1) is 9.92. The van der Waals surface area contributed by atoms with Crippen molar-refractivity contribution >= 4 is 23.2 Å². The number of halogens is 2. The van der Waals surface area contributed by atoms with Crippen LogP contribution in [0.15, 0.2) is 30.3 Å². The predicted molar refractivity (Wildman–Crippen MR) is 91.1 cm³/mol. The molecule has 0 saturated heterocycles. The van der Waals surface area contributed by atoms with Crippen molar-refractivity contribution in [1.29, 1.82) is 0 Å². The second-order valence-electron chi connectivity index (χ2n) is 5.64. The first kappa shape index (κ1) is 16.2. The van der Waals surface area contributed by atoms with E-state index >= 15 is 0 Å². The standard InChI is InChI=1S/C18H20Cl2O/c1-11(2)15-9-18(13(4)8-16(15)20)21-17-6-5-12(3)7-14(17)10-19/h5-9,11H,10H2,1-4H3. The van der Waals surface area contributed by atoms with Gasteiger partial charge in [-0.15, -0.1) is 11.6 Å². The highest BCUT2D eigenvalue weighted by Gasteiger charge is 2.12. The number of hydrogen-bond acceptors (Lipinski definition) is 1. The molecule has 21 heavy (non-hydrogen) atoms. The van der Waals surface area contributed by atoms with E-state index < -0.39 is 0 Å². The lowest BCUT2D eigenvalue weighted by molar-refractivity contribution is 0.473. The lowest BCUT2D eigenvalue weighted by atomic mass is 10.0. The summed E-state index contributed by atoms with van der Waals surface area (Å²) in [6.45, 7) is 8.29. The largest absolute Gasteiger partial charge is 0.457 e. The molecule has 1 nitrogen and oxygen atoms in total. The van der Waals surface area contributed by atoms with Crippen LogP contribution in [0.2, 0.25) is 5.02 Å². The molecule has 0 spiro atoms. The monoisotopic (exact) mass is 322 g/mol. The molecular formula is C18H20Cl2O. The van der Waals surface area contributed by atoms with Crippen molar-refractivity contribution in [3.05, 3.63) is 57.6 Å². The molecule has 2 rings (SSSR count). The first-order valence-electron chi connectivity index (χ1n) is 7.05. The van der Waals surface area contributed by atoms with Crippen LogP contribution in [0.1, 0.15) is 42.0 Å². The summed E-state index contributed by atoms with van der Waals surface area (Å²) in [6.07, 6.45) is 0. The second kappa shape index (κ2) is 6.72. The molecule has 0 bridgehead atoms. The topological polar surface area (TPSA) is 9.23 Å². The lowest BCUT2D eigenvalue weighted by Crippen LogP contribution is -1.96. The molecule has 0 fully saturated rings. The minimum Gasteiger partial charge on any atom is -0.457 e. The third kappa shape index (κ3) is 3.72. The minimum atomic E-state index is 0.353. The van der Waals surface area contributed by atoms with E-state index in [2.05, 4.69) is 19.9 Å². The van der Waals surface area contributed by atoms with Crippen molar-refractivity contribution in [3.8, 4) is 11.5 Å². The minimum absolute atomic E-state index is 0.353. The maximum Gasteiger partial charge on any atom is 0.131 e. The number of ether oxygens (including phenoxy) is 1. The molecule has 0 amide bonds. The molecule has 0 aromatic heterocycles. The van der Waals surface area contributed by atoms with Crippen LogP contribution in [0.4, 0.5) is 0 Å². The van der Waals surface area contributed by atoms with Crippen LogP contribution in [0.25, 0.3) is 0 Å². The fourth-order valence-electron chi connectivity index (χ4n) is 2.25. The molecular weight excluding hydrogens is 303 g/mol. The number of benzene rings is 2. The summed E-state index contributed by atoms with van der Waals surface area (Å²) in [6, 6.07) is 10.0. The Morgan fingerprint density at radius 2 is 1.76 bits per heavy atom. The molecule has 0 saturated carbocycles. The number of rotatable bonds is 4. The van der Waals surface area contributed by atoms with Gasteiger partial charge in [0.25, 0.3) is 0 Å². The van der Waals surface area contributed by atoms with Gasteiger partial charge in [-0.2, -0.15) is 0 Å². The highest BCUT2D eigenvalue weighted by molar-refractivity contribution is 6.31. The molecule has 2 aromatic carbocycles. The molecule has 0 aliphatic heterocycles. The molecule has 0 unspecified atom stereocenters. The number of hydrogen-bond donors (Lipinski definition) is 0. The summed E-state index contributed by atoms with van der Waals surface area (Å²) in [7, 11) is 0. The van der Waals surface area contributed by atoms with Crippen molar-refractivity contribution in [1.82, 2.24) is 0 Å². The molecule has 0 aliphatic carbocycles. The van der Waals surface area contributed by atoms with Gasteiger partial charge in [0.1, 0.15) is 11.5 Å². The van der Waals surface area contributed by atoms with Gasteiger partial charge in [0, 0.05) is 10.6 Å². The van der Waals surface area contributed by atoms with Crippen LogP contribution in [0.3, 0.4) is 0 Å². The molecule has 0 aliphatic rings. The Kier molecular flexibility index (Phi) is 5.18. The molecule has 2 aromatic rings.